The van der Waals surface area contributed by atoms with Crippen LogP contribution in [0, 0.1) is 5.92 Å². The van der Waals surface area contributed by atoms with Gasteiger partial charge in [0.15, 0.2) is 8.32 Å². The minimum atomic E-state index is -2.48. The van der Waals surface area contributed by atoms with Crippen LogP contribution in [0.1, 0.15) is 74.6 Å². The van der Waals surface area contributed by atoms with Crippen molar-refractivity contribution in [2.45, 2.75) is 102 Å². The van der Waals surface area contributed by atoms with Gasteiger partial charge in [0.1, 0.15) is 0 Å². The van der Waals surface area contributed by atoms with Gasteiger partial charge in [-0.2, -0.15) is 0 Å². The molecule has 9 heteroatoms. The highest BCUT2D eigenvalue weighted by atomic mass is 28.4. The predicted octanol–water partition coefficient (Wildman–Crippen LogP) is 5.69. The van der Waals surface area contributed by atoms with Crippen molar-refractivity contribution in [2.75, 3.05) is 18.1 Å². The lowest BCUT2D eigenvalue weighted by Gasteiger charge is -2.30. The van der Waals surface area contributed by atoms with Crippen LogP contribution in [0.2, 0.25) is 18.6 Å². The molecule has 1 aromatic heterocycles. The summed E-state index contributed by atoms with van der Waals surface area (Å²) in [6, 6.07) is 18.4. The summed E-state index contributed by atoms with van der Waals surface area (Å²) in [4.78, 5) is 25.9. The number of aromatic nitrogens is 3. The quantitative estimate of drug-likeness (QED) is 0.273. The zero-order chi connectivity index (χ0) is 30.4. The number of anilines is 1. The van der Waals surface area contributed by atoms with Gasteiger partial charge in [0.05, 0.1) is 30.4 Å². The van der Waals surface area contributed by atoms with E-state index in [4.69, 9.17) is 4.74 Å². The van der Waals surface area contributed by atoms with Crippen LogP contribution in [0.5, 0.6) is 0 Å². The molecule has 3 heterocycles. The molecular weight excluding hydrogens is 556 g/mol. The van der Waals surface area contributed by atoms with E-state index in [0.717, 1.165) is 62.0 Å². The van der Waals surface area contributed by atoms with Gasteiger partial charge in [0, 0.05) is 36.9 Å². The highest BCUT2D eigenvalue weighted by molar-refractivity contribution is 6.71. The zero-order valence-electron chi connectivity index (χ0n) is 25.9. The monoisotopic (exact) mass is 604 g/mol. The molecular formula is C34H48N4O4Si. The SMILES string of the molecule is C[C@H]1[C@H]([Si](C)(C)O)[C@@H](CCn2cc(C(CO)c3ccccc3)nn2)O[C@H]1CCc1ccc(N2CCCCCCC2=O)cc1. The van der Waals surface area contributed by atoms with Crippen LogP contribution >= 0.6 is 0 Å². The number of aliphatic hydroxyl groups excluding tert-OH is 1. The lowest BCUT2D eigenvalue weighted by atomic mass is 9.95. The van der Waals surface area contributed by atoms with Crippen LogP contribution in [0.3, 0.4) is 0 Å². The average molecular weight is 605 g/mol. The molecule has 0 spiro atoms. The van der Waals surface area contributed by atoms with Crippen molar-refractivity contribution in [3.63, 3.8) is 0 Å². The van der Waals surface area contributed by atoms with E-state index in [-0.39, 0.29) is 42.1 Å². The molecule has 8 nitrogen and oxygen atoms in total. The Morgan fingerprint density at radius 1 is 1.00 bits per heavy atom. The zero-order valence-corrected chi connectivity index (χ0v) is 26.9. The van der Waals surface area contributed by atoms with Gasteiger partial charge in [-0.3, -0.25) is 9.48 Å². The smallest absolute Gasteiger partial charge is 0.226 e. The normalized spacial score (nSPS) is 24.1. The molecule has 0 aliphatic carbocycles. The van der Waals surface area contributed by atoms with Crippen molar-refractivity contribution < 1.29 is 19.4 Å². The van der Waals surface area contributed by atoms with E-state index in [9.17, 15) is 14.7 Å². The minimum absolute atomic E-state index is 0.0287. The lowest BCUT2D eigenvalue weighted by Crippen LogP contribution is -2.40. The third kappa shape index (κ3) is 7.81. The maximum atomic E-state index is 12.7. The molecule has 3 aromatic rings. The maximum absolute atomic E-state index is 12.7. The fraction of sp³-hybridized carbons (Fsp3) is 0.559. The number of benzene rings is 2. The van der Waals surface area contributed by atoms with Gasteiger partial charge in [-0.1, -0.05) is 67.4 Å². The molecule has 43 heavy (non-hydrogen) atoms. The number of carbonyl (C=O) groups excluding carboxylic acids is 1. The Kier molecular flexibility index (Phi) is 10.5. The van der Waals surface area contributed by atoms with E-state index in [1.807, 2.05) is 59.2 Å². The van der Waals surface area contributed by atoms with E-state index in [1.54, 1.807) is 0 Å². The standard InChI is InChI=1S/C34H48N4O4Si/c1-25-31(19-16-26-14-17-28(18-15-26)38-21-10-5-4-9-13-33(38)40)42-32(34(25)43(2,3)41)20-22-37-23-30(35-36-37)29(24-39)27-11-7-6-8-12-27/h6-8,11-12,14-15,17-18,23,25,29,31-32,34,39,41H,4-5,9-10,13,16,19-22,24H2,1-3H3/t25-,29?,31+,32-,34+/m1/s1. The van der Waals surface area contributed by atoms with Gasteiger partial charge in [-0.05, 0) is 74.4 Å². The largest absolute Gasteiger partial charge is 0.432 e. The maximum Gasteiger partial charge on any atom is 0.226 e. The topological polar surface area (TPSA) is 101 Å². The second-order valence-corrected chi connectivity index (χ2v) is 17.0. The lowest BCUT2D eigenvalue weighted by molar-refractivity contribution is -0.118. The summed E-state index contributed by atoms with van der Waals surface area (Å²) < 4.78 is 8.52. The number of hydrogen-bond acceptors (Lipinski definition) is 6. The second kappa shape index (κ2) is 14.3. The number of amides is 1. The van der Waals surface area contributed by atoms with Gasteiger partial charge in [0.25, 0.3) is 0 Å². The Balaban J connectivity index is 1.19. The Hall–Kier alpha value is -2.85. The molecule has 0 saturated carbocycles. The van der Waals surface area contributed by atoms with E-state index in [2.05, 4.69) is 41.5 Å². The summed E-state index contributed by atoms with van der Waals surface area (Å²) in [5.41, 5.74) is 4.14. The highest BCUT2D eigenvalue weighted by Gasteiger charge is 2.49. The molecule has 5 atom stereocenters. The molecule has 0 radical (unpaired) electrons. The Bertz CT molecular complexity index is 1310. The van der Waals surface area contributed by atoms with E-state index >= 15 is 0 Å². The first-order chi connectivity index (χ1) is 20.7. The first-order valence-electron chi connectivity index (χ1n) is 16.1. The van der Waals surface area contributed by atoms with Crippen molar-refractivity contribution in [1.29, 1.82) is 0 Å². The van der Waals surface area contributed by atoms with Gasteiger partial charge in [-0.15, -0.1) is 5.10 Å². The molecule has 2 aliphatic heterocycles. The summed E-state index contributed by atoms with van der Waals surface area (Å²) in [5.74, 6) is 0.292. The van der Waals surface area contributed by atoms with Gasteiger partial charge < -0.3 is 19.5 Å². The van der Waals surface area contributed by atoms with Crippen molar-refractivity contribution in [3.05, 3.63) is 77.6 Å². The first kappa shape index (κ1) is 31.6. The van der Waals surface area contributed by atoms with Crippen LogP contribution in [-0.4, -0.2) is 64.5 Å². The Morgan fingerprint density at radius 2 is 1.74 bits per heavy atom. The van der Waals surface area contributed by atoms with E-state index in [1.165, 1.54) is 12.0 Å². The van der Waals surface area contributed by atoms with Crippen molar-refractivity contribution >= 4 is 19.9 Å². The van der Waals surface area contributed by atoms with Crippen LogP contribution in [0.15, 0.2) is 60.8 Å². The summed E-state index contributed by atoms with van der Waals surface area (Å²) in [6.45, 7) is 7.70. The summed E-state index contributed by atoms with van der Waals surface area (Å²) in [5, 5.41) is 18.7. The third-order valence-electron chi connectivity index (χ3n) is 9.45. The molecule has 5 rings (SSSR count). The Labute approximate surface area is 257 Å². The number of rotatable bonds is 11. The average Bonchev–Trinajstić information content (AvgIpc) is 3.58. The van der Waals surface area contributed by atoms with Gasteiger partial charge in [-0.25, -0.2) is 0 Å². The van der Waals surface area contributed by atoms with Crippen LogP contribution in [0.25, 0.3) is 0 Å². The number of aryl methyl sites for hydroxylation is 2. The third-order valence-corrected chi connectivity index (χ3v) is 12.0. The number of ether oxygens (including phenoxy) is 1. The molecule has 0 bridgehead atoms. The molecule has 2 aromatic carbocycles. The number of aliphatic hydroxyl groups is 1. The minimum Gasteiger partial charge on any atom is -0.432 e. The highest BCUT2D eigenvalue weighted by Crippen LogP contribution is 2.45. The van der Waals surface area contributed by atoms with Gasteiger partial charge >= 0.3 is 0 Å². The van der Waals surface area contributed by atoms with Crippen molar-refractivity contribution in [3.8, 4) is 0 Å². The van der Waals surface area contributed by atoms with Crippen molar-refractivity contribution in [1.82, 2.24) is 15.0 Å². The molecule has 2 saturated heterocycles. The second-order valence-electron chi connectivity index (χ2n) is 13.0. The summed E-state index contributed by atoms with van der Waals surface area (Å²) in [7, 11) is -2.48. The first-order valence-corrected chi connectivity index (χ1v) is 19.1. The molecule has 2 aliphatic rings. The summed E-state index contributed by atoms with van der Waals surface area (Å²) >= 11 is 0. The van der Waals surface area contributed by atoms with Gasteiger partial charge in [0.2, 0.25) is 5.91 Å². The molecule has 2 fully saturated rings. The van der Waals surface area contributed by atoms with Crippen molar-refractivity contribution in [2.24, 2.45) is 5.92 Å². The number of nitrogens with zero attached hydrogens (tertiary/aromatic N) is 4. The van der Waals surface area contributed by atoms with E-state index in [0.29, 0.717) is 13.0 Å². The van der Waals surface area contributed by atoms with Crippen LogP contribution in [0.4, 0.5) is 5.69 Å². The Morgan fingerprint density at radius 3 is 2.47 bits per heavy atom. The number of hydrogen-bond donors (Lipinski definition) is 2. The molecule has 1 amide bonds. The summed E-state index contributed by atoms with van der Waals surface area (Å²) in [6.07, 6.45) is 9.52. The van der Waals surface area contributed by atoms with E-state index < -0.39 is 8.32 Å². The van der Waals surface area contributed by atoms with Crippen LogP contribution in [-0.2, 0) is 22.5 Å². The fourth-order valence-corrected chi connectivity index (χ4v) is 9.82. The van der Waals surface area contributed by atoms with Crippen LogP contribution < -0.4 is 4.90 Å². The fourth-order valence-electron chi connectivity index (χ4n) is 7.16. The predicted molar refractivity (Wildman–Crippen MR) is 171 cm³/mol. The molecule has 232 valence electrons. The number of carbonyl (C=O) groups is 1. The molecule has 1 unspecified atom stereocenters. The molecule has 2 N–H and O–H groups in total.